The van der Waals surface area contributed by atoms with Crippen molar-refractivity contribution in [2.45, 2.75) is 22.8 Å². The van der Waals surface area contributed by atoms with E-state index in [1.54, 1.807) is 4.57 Å². The van der Waals surface area contributed by atoms with Crippen LogP contribution in [0, 0.1) is 18.1 Å². The minimum absolute atomic E-state index is 0.299. The highest BCUT2D eigenvalue weighted by atomic mass is 79.9. The fourth-order valence-electron chi connectivity index (χ4n) is 2.81. The lowest BCUT2D eigenvalue weighted by Gasteiger charge is -2.05. The van der Waals surface area contributed by atoms with Crippen LogP contribution in [0.3, 0.4) is 0 Å². The summed E-state index contributed by atoms with van der Waals surface area (Å²) in [4.78, 5) is 1.86. The van der Waals surface area contributed by atoms with E-state index in [1.165, 1.54) is 17.8 Å². The number of aromatic nitrogens is 1. The van der Waals surface area contributed by atoms with Gasteiger partial charge in [-0.15, -0.1) is 0 Å². The first-order valence-electron chi connectivity index (χ1n) is 6.93. The second-order valence-corrected chi connectivity index (χ2v) is 7.56. The summed E-state index contributed by atoms with van der Waals surface area (Å²) in [5, 5.41) is 1.35. The fourth-order valence-corrected chi connectivity index (χ4v) is 4.75. The number of hydrogen-bond acceptors (Lipinski definition) is 1. The van der Waals surface area contributed by atoms with Crippen LogP contribution in [-0.4, -0.2) is 4.57 Å². The van der Waals surface area contributed by atoms with Gasteiger partial charge in [-0.25, -0.2) is 8.78 Å². The van der Waals surface area contributed by atoms with Gasteiger partial charge in [0.15, 0.2) is 11.6 Å². The Hall–Kier alpha value is -1.04. The summed E-state index contributed by atoms with van der Waals surface area (Å²) in [6, 6.07) is 8.62. The lowest BCUT2D eigenvalue weighted by atomic mass is 10.2. The Bertz CT molecular complexity index is 921. The van der Waals surface area contributed by atoms with Crippen molar-refractivity contribution >= 4 is 50.2 Å². The summed E-state index contributed by atoms with van der Waals surface area (Å²) in [5.41, 5.74) is 1.12. The third-order valence-electron chi connectivity index (χ3n) is 3.79. The van der Waals surface area contributed by atoms with E-state index in [0.717, 1.165) is 15.5 Å². The van der Waals surface area contributed by atoms with Crippen LogP contribution in [0.1, 0.15) is 12.1 Å². The lowest BCUT2D eigenvalue weighted by molar-refractivity contribution is 0.511. The monoisotopic (exact) mass is 411 g/mol. The fraction of sp³-hybridized carbons (Fsp3) is 0.118. The summed E-state index contributed by atoms with van der Waals surface area (Å²) >= 11 is 10.8. The Balaban J connectivity index is 1.96. The molecule has 23 heavy (non-hydrogen) atoms. The van der Waals surface area contributed by atoms with Crippen molar-refractivity contribution in [2.24, 2.45) is 0 Å². The first-order valence-corrected chi connectivity index (χ1v) is 8.92. The molecular weight excluding hydrogens is 404 g/mol. The van der Waals surface area contributed by atoms with Gasteiger partial charge in [-0.3, -0.25) is 0 Å². The molecule has 1 nitrogen and oxygen atoms in total. The normalized spacial score (nSPS) is 13.7. The largest absolute Gasteiger partial charge is 0.340 e. The van der Waals surface area contributed by atoms with Crippen LogP contribution in [0.5, 0.6) is 0 Å². The maximum Gasteiger partial charge on any atom is 0.183 e. The minimum atomic E-state index is -0.848. The molecule has 1 aliphatic heterocycles. The zero-order valence-electron chi connectivity index (χ0n) is 11.7. The summed E-state index contributed by atoms with van der Waals surface area (Å²) in [5.74, 6) is -1.66. The highest BCUT2D eigenvalue weighted by Gasteiger charge is 2.27. The van der Waals surface area contributed by atoms with E-state index in [2.05, 4.69) is 22.4 Å². The van der Waals surface area contributed by atoms with Crippen LogP contribution in [0.15, 0.2) is 44.6 Å². The molecule has 1 aliphatic rings. The van der Waals surface area contributed by atoms with Gasteiger partial charge in [0, 0.05) is 43.3 Å². The Morgan fingerprint density at radius 2 is 1.96 bits per heavy atom. The molecule has 0 N–H and O–H groups in total. The molecule has 2 radical (unpaired) electrons. The molecule has 0 bridgehead atoms. The highest BCUT2D eigenvalue weighted by Crippen LogP contribution is 2.45. The quantitative estimate of drug-likeness (QED) is 0.446. The summed E-state index contributed by atoms with van der Waals surface area (Å²) in [6.45, 7) is 0.611. The molecule has 0 fully saturated rings. The first-order chi connectivity index (χ1) is 11.1. The maximum absolute atomic E-state index is 14.4. The standard InChI is InChI=1S/C17H9BrClF2NS/c18-11-8-12(20)15(21)16-14(11)17(13-2-1-7-22(13)16)23-10-5-3-9(19)4-6-10/h3-6,8H,1,7H2. The van der Waals surface area contributed by atoms with Gasteiger partial charge >= 0.3 is 0 Å². The van der Waals surface area contributed by atoms with E-state index in [-0.39, 0.29) is 0 Å². The molecule has 0 aliphatic carbocycles. The van der Waals surface area contributed by atoms with Gasteiger partial charge in [0.05, 0.1) is 5.52 Å². The Labute approximate surface area is 149 Å². The maximum atomic E-state index is 14.4. The number of benzene rings is 2. The van der Waals surface area contributed by atoms with Crippen LogP contribution in [-0.2, 0) is 6.54 Å². The number of nitrogens with zero attached hydrogens (tertiary/aromatic N) is 1. The van der Waals surface area contributed by atoms with Crippen LogP contribution in [0.2, 0.25) is 5.02 Å². The van der Waals surface area contributed by atoms with Gasteiger partial charge in [-0.1, -0.05) is 23.4 Å². The zero-order chi connectivity index (χ0) is 16.1. The van der Waals surface area contributed by atoms with E-state index >= 15 is 0 Å². The summed E-state index contributed by atoms with van der Waals surface area (Å²) < 4.78 is 30.5. The number of rotatable bonds is 2. The molecule has 0 saturated carbocycles. The average Bonchev–Trinajstić information content (AvgIpc) is 3.09. The number of aryl methyl sites for hydroxylation is 1. The molecule has 6 heteroatoms. The minimum Gasteiger partial charge on any atom is -0.340 e. The van der Waals surface area contributed by atoms with Gasteiger partial charge in [-0.05, 0) is 52.7 Å². The molecule has 0 atom stereocenters. The van der Waals surface area contributed by atoms with E-state index < -0.39 is 11.6 Å². The molecule has 4 rings (SSSR count). The van der Waals surface area contributed by atoms with Crippen LogP contribution < -0.4 is 0 Å². The van der Waals surface area contributed by atoms with Crippen LogP contribution in [0.4, 0.5) is 8.78 Å². The second-order valence-electron chi connectivity index (χ2n) is 5.19. The smallest absolute Gasteiger partial charge is 0.183 e. The molecule has 3 aromatic rings. The molecule has 116 valence electrons. The van der Waals surface area contributed by atoms with Crippen LogP contribution >= 0.6 is 39.3 Å². The predicted molar refractivity (Wildman–Crippen MR) is 92.1 cm³/mol. The molecule has 2 heterocycles. The van der Waals surface area contributed by atoms with E-state index in [4.69, 9.17) is 11.6 Å². The van der Waals surface area contributed by atoms with Gasteiger partial charge in [0.2, 0.25) is 0 Å². The van der Waals surface area contributed by atoms with Gasteiger partial charge in [0.25, 0.3) is 0 Å². The van der Waals surface area contributed by atoms with Crippen molar-refractivity contribution in [3.05, 3.63) is 63.6 Å². The van der Waals surface area contributed by atoms with Gasteiger partial charge in [-0.2, -0.15) is 0 Å². The SMILES string of the molecule is Fc1cc(Br)c2c(Sc3ccc(Cl)cc3)c3n(c2c1F)CC[C]3. The van der Waals surface area contributed by atoms with Crippen molar-refractivity contribution in [1.82, 2.24) is 4.57 Å². The molecular formula is C17H9BrClF2NS. The zero-order valence-corrected chi connectivity index (χ0v) is 14.8. The second kappa shape index (κ2) is 5.80. The van der Waals surface area contributed by atoms with E-state index in [1.807, 2.05) is 24.3 Å². The van der Waals surface area contributed by atoms with Crippen LogP contribution in [0.25, 0.3) is 10.9 Å². The molecule has 0 amide bonds. The third kappa shape index (κ3) is 2.49. The molecule has 0 unspecified atom stereocenters. The summed E-state index contributed by atoms with van der Waals surface area (Å²) in [6.07, 6.45) is 3.97. The first kappa shape index (κ1) is 15.5. The Morgan fingerprint density at radius 1 is 1.22 bits per heavy atom. The van der Waals surface area contributed by atoms with Crippen molar-refractivity contribution < 1.29 is 8.78 Å². The highest BCUT2D eigenvalue weighted by molar-refractivity contribution is 9.10. The molecule has 0 saturated heterocycles. The summed E-state index contributed by atoms with van der Waals surface area (Å²) in [7, 11) is 0. The average molecular weight is 413 g/mol. The van der Waals surface area contributed by atoms with Crippen molar-refractivity contribution in [1.29, 1.82) is 0 Å². The van der Waals surface area contributed by atoms with E-state index in [9.17, 15) is 8.78 Å². The molecule has 0 spiro atoms. The van der Waals surface area contributed by atoms with Crippen molar-refractivity contribution in [3.63, 3.8) is 0 Å². The Morgan fingerprint density at radius 3 is 2.70 bits per heavy atom. The van der Waals surface area contributed by atoms with Crippen molar-refractivity contribution in [3.8, 4) is 0 Å². The topological polar surface area (TPSA) is 4.93 Å². The number of halogens is 4. The molecule has 2 aromatic carbocycles. The Kier molecular flexibility index (Phi) is 3.90. The predicted octanol–water partition coefficient (Wildman–Crippen LogP) is 6.32. The molecule has 1 aromatic heterocycles. The third-order valence-corrected chi connectivity index (χ3v) is 5.78. The number of fused-ring (bicyclic) bond motifs is 3. The van der Waals surface area contributed by atoms with Gasteiger partial charge < -0.3 is 4.57 Å². The van der Waals surface area contributed by atoms with Gasteiger partial charge in [0.1, 0.15) is 0 Å². The van der Waals surface area contributed by atoms with E-state index in [0.29, 0.717) is 33.4 Å². The lowest BCUT2D eigenvalue weighted by Crippen LogP contribution is -1.96. The number of hydrogen-bond donors (Lipinski definition) is 0. The van der Waals surface area contributed by atoms with Crippen molar-refractivity contribution in [2.75, 3.05) is 0 Å².